The quantitative estimate of drug-likeness (QED) is 0.706. The molecule has 0 saturated heterocycles. The van der Waals surface area contributed by atoms with Gasteiger partial charge in [-0.3, -0.25) is 0 Å². The topological polar surface area (TPSA) is 26.0 Å². The average molecular weight is 309 g/mol. The Morgan fingerprint density at radius 1 is 1.13 bits per heavy atom. The lowest BCUT2D eigenvalue weighted by atomic mass is 9.71. The number of allylic oxidation sites excluding steroid dienone is 1. The van der Waals surface area contributed by atoms with E-state index < -0.39 is 0 Å². The second-order valence-electron chi connectivity index (χ2n) is 8.12. The second kappa shape index (κ2) is 5.09. The number of hydrogen-bond acceptors (Lipinski definition) is 2. The van der Waals surface area contributed by atoms with Crippen LogP contribution >= 0.6 is 0 Å². The standard InChI is InChI=1S/C21H27NO/c1-13(10-16-8-9-22-23-16)17-12-19-18(11-14(17)2)20(4,5)15(3)21(19,6)7/h8-12,15H,1-7H3. The lowest BCUT2D eigenvalue weighted by molar-refractivity contribution is 0.264. The molecule has 1 aromatic heterocycles. The van der Waals surface area contributed by atoms with E-state index in [0.717, 1.165) is 5.76 Å². The first-order chi connectivity index (χ1) is 10.7. The Balaban J connectivity index is 2.16. The molecule has 0 spiro atoms. The molecule has 1 unspecified atom stereocenters. The van der Waals surface area contributed by atoms with Crippen LogP contribution in [0.5, 0.6) is 0 Å². The van der Waals surface area contributed by atoms with E-state index in [2.05, 4.69) is 71.8 Å². The number of benzene rings is 1. The van der Waals surface area contributed by atoms with Crippen LogP contribution in [-0.4, -0.2) is 5.16 Å². The van der Waals surface area contributed by atoms with Crippen molar-refractivity contribution >= 4 is 11.6 Å². The number of fused-ring (bicyclic) bond motifs is 1. The van der Waals surface area contributed by atoms with Crippen LogP contribution < -0.4 is 0 Å². The van der Waals surface area contributed by atoms with Gasteiger partial charge in [0, 0.05) is 6.07 Å². The summed E-state index contributed by atoms with van der Waals surface area (Å²) in [7, 11) is 0. The first kappa shape index (κ1) is 16.0. The van der Waals surface area contributed by atoms with Crippen molar-refractivity contribution in [2.75, 3.05) is 0 Å². The Kier molecular flexibility index (Phi) is 3.55. The summed E-state index contributed by atoms with van der Waals surface area (Å²) in [5.74, 6) is 1.41. The molecule has 1 aliphatic carbocycles. The van der Waals surface area contributed by atoms with Gasteiger partial charge in [-0.05, 0) is 64.5 Å². The van der Waals surface area contributed by atoms with Crippen molar-refractivity contribution in [3.63, 3.8) is 0 Å². The van der Waals surface area contributed by atoms with E-state index in [4.69, 9.17) is 4.52 Å². The first-order valence-corrected chi connectivity index (χ1v) is 8.40. The lowest BCUT2D eigenvalue weighted by Crippen LogP contribution is -2.30. The van der Waals surface area contributed by atoms with Gasteiger partial charge in [0.1, 0.15) is 0 Å². The summed E-state index contributed by atoms with van der Waals surface area (Å²) in [4.78, 5) is 0. The molecule has 23 heavy (non-hydrogen) atoms. The number of aryl methyl sites for hydroxylation is 1. The molecule has 0 amide bonds. The Morgan fingerprint density at radius 2 is 1.74 bits per heavy atom. The summed E-state index contributed by atoms with van der Waals surface area (Å²) < 4.78 is 5.22. The van der Waals surface area contributed by atoms with Gasteiger partial charge >= 0.3 is 0 Å². The summed E-state index contributed by atoms with van der Waals surface area (Å²) in [6.45, 7) is 16.2. The molecule has 0 bridgehead atoms. The van der Waals surface area contributed by atoms with Crippen molar-refractivity contribution in [1.29, 1.82) is 0 Å². The summed E-state index contributed by atoms with van der Waals surface area (Å²) in [6, 6.07) is 6.69. The van der Waals surface area contributed by atoms with Gasteiger partial charge in [0.15, 0.2) is 5.76 Å². The van der Waals surface area contributed by atoms with Crippen LogP contribution in [0.2, 0.25) is 0 Å². The maximum Gasteiger partial charge on any atom is 0.159 e. The van der Waals surface area contributed by atoms with Crippen molar-refractivity contribution in [3.05, 3.63) is 52.4 Å². The zero-order valence-corrected chi connectivity index (χ0v) is 15.3. The number of nitrogens with zero attached hydrogens (tertiary/aromatic N) is 1. The molecule has 0 aliphatic heterocycles. The number of hydrogen-bond donors (Lipinski definition) is 0. The number of aromatic nitrogens is 1. The molecular formula is C21H27NO. The molecule has 3 rings (SSSR count). The Bertz CT molecular complexity index is 763. The molecule has 0 N–H and O–H groups in total. The largest absolute Gasteiger partial charge is 0.357 e. The van der Waals surface area contributed by atoms with E-state index in [1.807, 2.05) is 6.07 Å². The van der Waals surface area contributed by atoms with E-state index in [-0.39, 0.29) is 10.8 Å². The highest BCUT2D eigenvalue weighted by Gasteiger charge is 2.48. The zero-order valence-electron chi connectivity index (χ0n) is 15.3. The molecule has 1 aromatic carbocycles. The van der Waals surface area contributed by atoms with Crippen LogP contribution in [0.25, 0.3) is 11.6 Å². The predicted molar refractivity (Wildman–Crippen MR) is 96.4 cm³/mol. The van der Waals surface area contributed by atoms with E-state index in [0.29, 0.717) is 5.92 Å². The first-order valence-electron chi connectivity index (χ1n) is 8.40. The van der Waals surface area contributed by atoms with Gasteiger partial charge in [-0.15, -0.1) is 0 Å². The van der Waals surface area contributed by atoms with Crippen LogP contribution in [-0.2, 0) is 10.8 Å². The fraction of sp³-hybridized carbons (Fsp3) is 0.476. The minimum atomic E-state index is 0.188. The van der Waals surface area contributed by atoms with Gasteiger partial charge in [0.25, 0.3) is 0 Å². The second-order valence-corrected chi connectivity index (χ2v) is 8.12. The van der Waals surface area contributed by atoms with E-state index >= 15 is 0 Å². The third kappa shape index (κ3) is 2.36. The van der Waals surface area contributed by atoms with Gasteiger partial charge in [-0.1, -0.05) is 51.9 Å². The van der Waals surface area contributed by atoms with Crippen molar-refractivity contribution in [1.82, 2.24) is 5.16 Å². The molecule has 1 heterocycles. The SMILES string of the molecule is CC(=Cc1ccno1)c1cc2c(cc1C)C(C)(C)C(C)C2(C)C. The Labute approximate surface area is 139 Å². The summed E-state index contributed by atoms with van der Waals surface area (Å²) in [6.07, 6.45) is 3.75. The highest BCUT2D eigenvalue weighted by Crippen LogP contribution is 2.54. The summed E-state index contributed by atoms with van der Waals surface area (Å²) in [5.41, 5.74) is 7.24. The van der Waals surface area contributed by atoms with Crippen LogP contribution in [0.1, 0.15) is 69.6 Å². The highest BCUT2D eigenvalue weighted by molar-refractivity contribution is 5.81. The van der Waals surface area contributed by atoms with Gasteiger partial charge in [-0.2, -0.15) is 0 Å². The van der Waals surface area contributed by atoms with Crippen molar-refractivity contribution in [3.8, 4) is 0 Å². The van der Waals surface area contributed by atoms with E-state index in [1.54, 1.807) is 6.20 Å². The Hall–Kier alpha value is -1.83. The van der Waals surface area contributed by atoms with E-state index in [9.17, 15) is 0 Å². The van der Waals surface area contributed by atoms with Crippen LogP contribution in [0.15, 0.2) is 28.9 Å². The third-order valence-electron chi connectivity index (χ3n) is 6.16. The van der Waals surface area contributed by atoms with Crippen molar-refractivity contribution in [2.45, 2.75) is 59.3 Å². The summed E-state index contributed by atoms with van der Waals surface area (Å²) in [5, 5.41) is 3.78. The van der Waals surface area contributed by atoms with Crippen LogP contribution in [0.3, 0.4) is 0 Å². The zero-order chi connectivity index (χ0) is 17.0. The van der Waals surface area contributed by atoms with Gasteiger partial charge in [0.05, 0.1) is 6.20 Å². The maximum atomic E-state index is 5.22. The molecular weight excluding hydrogens is 282 g/mol. The molecule has 2 heteroatoms. The fourth-order valence-electron chi connectivity index (χ4n) is 4.16. The normalized spacial score (nSPS) is 22.2. The molecule has 2 nitrogen and oxygen atoms in total. The highest BCUT2D eigenvalue weighted by atomic mass is 16.5. The molecule has 122 valence electrons. The molecule has 0 radical (unpaired) electrons. The lowest BCUT2D eigenvalue weighted by Gasteiger charge is -2.32. The average Bonchev–Trinajstić information content (AvgIpc) is 3.01. The smallest absolute Gasteiger partial charge is 0.159 e. The van der Waals surface area contributed by atoms with Crippen LogP contribution in [0.4, 0.5) is 0 Å². The predicted octanol–water partition coefficient (Wildman–Crippen LogP) is 5.75. The molecule has 2 aromatic rings. The monoisotopic (exact) mass is 309 g/mol. The minimum absolute atomic E-state index is 0.188. The molecule has 0 fully saturated rings. The van der Waals surface area contributed by atoms with Crippen molar-refractivity contribution < 1.29 is 4.52 Å². The van der Waals surface area contributed by atoms with Gasteiger partial charge < -0.3 is 4.52 Å². The fourth-order valence-corrected chi connectivity index (χ4v) is 4.16. The number of rotatable bonds is 2. The van der Waals surface area contributed by atoms with Crippen LogP contribution in [0, 0.1) is 12.8 Å². The molecule has 0 saturated carbocycles. The third-order valence-corrected chi connectivity index (χ3v) is 6.16. The van der Waals surface area contributed by atoms with E-state index in [1.165, 1.54) is 27.8 Å². The Morgan fingerprint density at radius 3 is 2.30 bits per heavy atom. The van der Waals surface area contributed by atoms with Gasteiger partial charge in [0.2, 0.25) is 0 Å². The molecule has 1 aliphatic rings. The minimum Gasteiger partial charge on any atom is -0.357 e. The maximum absolute atomic E-state index is 5.22. The summed E-state index contributed by atoms with van der Waals surface area (Å²) >= 11 is 0. The van der Waals surface area contributed by atoms with Crippen molar-refractivity contribution in [2.24, 2.45) is 5.92 Å². The molecule has 1 atom stereocenters. The van der Waals surface area contributed by atoms with Gasteiger partial charge in [-0.25, -0.2) is 0 Å².